The summed E-state index contributed by atoms with van der Waals surface area (Å²) < 4.78 is 37.4. The molecule has 5 aromatic rings. The first-order chi connectivity index (χ1) is 27.5. The second-order valence-electron chi connectivity index (χ2n) is 14.8. The van der Waals surface area contributed by atoms with Crippen molar-refractivity contribution < 1.29 is 38.3 Å². The summed E-state index contributed by atoms with van der Waals surface area (Å²) in [6, 6.07) is 34.1. The Morgan fingerprint density at radius 2 is 1.37 bits per heavy atom. The normalized spacial score (nSPS) is 18.2. The van der Waals surface area contributed by atoms with Gasteiger partial charge in [0.05, 0.1) is 20.8 Å². The zero-order valence-electron chi connectivity index (χ0n) is 33.2. The lowest BCUT2D eigenvalue weighted by molar-refractivity contribution is -0.118. The van der Waals surface area contributed by atoms with Gasteiger partial charge in [0.1, 0.15) is 47.0 Å². The lowest BCUT2D eigenvalue weighted by Crippen LogP contribution is -2.40. The fourth-order valence-corrected chi connectivity index (χ4v) is 6.85. The van der Waals surface area contributed by atoms with Crippen molar-refractivity contribution in [3.05, 3.63) is 148 Å². The van der Waals surface area contributed by atoms with Gasteiger partial charge in [-0.1, -0.05) is 94.4 Å². The molecular weight excluding hydrogens is 727 g/mol. The lowest BCUT2D eigenvalue weighted by Gasteiger charge is -2.37. The molecule has 12 heteroatoms. The minimum absolute atomic E-state index is 0.00970. The summed E-state index contributed by atoms with van der Waals surface area (Å²) in [5.74, 6) is 1.48. The van der Waals surface area contributed by atoms with Gasteiger partial charge >= 0.3 is 5.69 Å². The largest absolute Gasteiger partial charge is 0.497 e. The minimum atomic E-state index is -1.18. The van der Waals surface area contributed by atoms with Crippen LogP contribution in [0.1, 0.15) is 62.6 Å². The van der Waals surface area contributed by atoms with Gasteiger partial charge in [0.15, 0.2) is 12.8 Å². The molecule has 1 aromatic heterocycles. The molecule has 300 valence electrons. The van der Waals surface area contributed by atoms with Crippen LogP contribution in [0.4, 0.5) is 5.82 Å². The Labute approximate surface area is 333 Å². The number of carbonyl (C=O) groups excluding carboxylic acids is 1. The van der Waals surface area contributed by atoms with Gasteiger partial charge in [0, 0.05) is 12.8 Å². The van der Waals surface area contributed by atoms with Gasteiger partial charge < -0.3 is 38.8 Å². The number of rotatable bonds is 16. The Bertz CT molecular complexity index is 2070. The van der Waals surface area contributed by atoms with Crippen molar-refractivity contribution in [3.63, 3.8) is 0 Å². The SMILES string of the molecule is CCCOC1C(O)C(COC(c2ccccc2)(c2ccc(OC)cc2)c2ccc(OC)cc2)OC1n1ccc(NC(=O)COc2ccc(C(C)(C)C)cc2)nc1=O. The van der Waals surface area contributed by atoms with Crippen LogP contribution in [-0.4, -0.2) is 72.9 Å². The Kier molecular flexibility index (Phi) is 13.1. The lowest BCUT2D eigenvalue weighted by atomic mass is 9.80. The Morgan fingerprint density at radius 1 is 0.807 bits per heavy atom. The van der Waals surface area contributed by atoms with Crippen LogP contribution in [0.5, 0.6) is 17.2 Å². The van der Waals surface area contributed by atoms with E-state index in [1.807, 2.05) is 110 Å². The van der Waals surface area contributed by atoms with E-state index in [9.17, 15) is 14.7 Å². The number of methoxy groups -OCH3 is 2. The molecule has 4 unspecified atom stereocenters. The molecule has 1 fully saturated rings. The van der Waals surface area contributed by atoms with E-state index in [0.29, 0.717) is 30.3 Å². The van der Waals surface area contributed by atoms with Gasteiger partial charge in [-0.25, -0.2) is 4.79 Å². The number of aliphatic hydroxyl groups is 1. The smallest absolute Gasteiger partial charge is 0.351 e. The molecule has 4 atom stereocenters. The zero-order chi connectivity index (χ0) is 40.6. The third kappa shape index (κ3) is 9.37. The summed E-state index contributed by atoms with van der Waals surface area (Å²) >= 11 is 0. The van der Waals surface area contributed by atoms with Gasteiger partial charge in [-0.15, -0.1) is 0 Å². The monoisotopic (exact) mass is 777 g/mol. The molecule has 0 spiro atoms. The molecule has 1 aliphatic heterocycles. The van der Waals surface area contributed by atoms with Crippen molar-refractivity contribution in [1.82, 2.24) is 9.55 Å². The molecule has 2 heterocycles. The first kappa shape index (κ1) is 41.1. The van der Waals surface area contributed by atoms with Crippen molar-refractivity contribution in [1.29, 1.82) is 0 Å². The fourth-order valence-electron chi connectivity index (χ4n) is 6.85. The fraction of sp³-hybridized carbons (Fsp3) is 0.356. The highest BCUT2D eigenvalue weighted by atomic mass is 16.6. The van der Waals surface area contributed by atoms with Gasteiger partial charge in [-0.05, 0) is 76.6 Å². The van der Waals surface area contributed by atoms with Crippen LogP contribution in [0.15, 0.2) is 120 Å². The predicted octanol–water partition coefficient (Wildman–Crippen LogP) is 6.64. The molecule has 12 nitrogen and oxygen atoms in total. The Morgan fingerprint density at radius 3 is 1.91 bits per heavy atom. The predicted molar refractivity (Wildman–Crippen MR) is 216 cm³/mol. The maximum atomic E-state index is 13.5. The molecule has 4 aromatic carbocycles. The van der Waals surface area contributed by atoms with Crippen molar-refractivity contribution in [3.8, 4) is 17.2 Å². The number of anilines is 1. The average Bonchev–Trinajstić information content (AvgIpc) is 3.53. The van der Waals surface area contributed by atoms with Gasteiger partial charge in [0.25, 0.3) is 5.91 Å². The number of hydrogen-bond donors (Lipinski definition) is 2. The molecule has 6 rings (SSSR count). The summed E-state index contributed by atoms with van der Waals surface area (Å²) in [5, 5.41) is 14.4. The van der Waals surface area contributed by atoms with Gasteiger partial charge in [0.2, 0.25) is 0 Å². The average molecular weight is 778 g/mol. The van der Waals surface area contributed by atoms with Crippen molar-refractivity contribution in [2.24, 2.45) is 0 Å². The maximum absolute atomic E-state index is 13.5. The minimum Gasteiger partial charge on any atom is -0.497 e. The summed E-state index contributed by atoms with van der Waals surface area (Å²) in [5.41, 5.74) is 1.72. The van der Waals surface area contributed by atoms with Gasteiger partial charge in [-0.3, -0.25) is 9.36 Å². The van der Waals surface area contributed by atoms with Crippen molar-refractivity contribution in [2.75, 3.05) is 39.4 Å². The van der Waals surface area contributed by atoms with E-state index in [1.165, 1.54) is 16.8 Å². The van der Waals surface area contributed by atoms with E-state index in [1.54, 1.807) is 14.2 Å². The first-order valence-electron chi connectivity index (χ1n) is 19.0. The molecule has 2 N–H and O–H groups in total. The molecule has 0 radical (unpaired) electrons. The summed E-state index contributed by atoms with van der Waals surface area (Å²) in [6.45, 7) is 8.26. The van der Waals surface area contributed by atoms with Crippen molar-refractivity contribution >= 4 is 11.7 Å². The highest BCUT2D eigenvalue weighted by Gasteiger charge is 2.48. The second kappa shape index (κ2) is 18.2. The molecule has 57 heavy (non-hydrogen) atoms. The molecule has 0 saturated carbocycles. The number of amides is 1. The number of benzene rings is 4. The molecule has 1 saturated heterocycles. The first-order valence-corrected chi connectivity index (χ1v) is 19.0. The highest BCUT2D eigenvalue weighted by Crippen LogP contribution is 2.43. The Hall–Kier alpha value is -5.53. The molecule has 1 aliphatic rings. The molecule has 1 amide bonds. The van der Waals surface area contributed by atoms with Crippen molar-refractivity contribution in [2.45, 2.75) is 69.7 Å². The summed E-state index contributed by atoms with van der Waals surface area (Å²) in [7, 11) is 3.22. The zero-order valence-corrected chi connectivity index (χ0v) is 33.2. The Balaban J connectivity index is 1.23. The van der Waals surface area contributed by atoms with Crippen LogP contribution in [-0.2, 0) is 30.0 Å². The summed E-state index contributed by atoms with van der Waals surface area (Å²) in [6.07, 6.45) is -1.94. The number of nitrogens with one attached hydrogen (secondary N) is 1. The van der Waals surface area contributed by atoms with Crippen LogP contribution in [0.3, 0.4) is 0 Å². The van der Waals surface area contributed by atoms with E-state index in [2.05, 4.69) is 31.1 Å². The molecule has 0 bridgehead atoms. The molecule has 0 aliphatic carbocycles. The third-order valence-corrected chi connectivity index (χ3v) is 9.93. The van der Waals surface area contributed by atoms with E-state index < -0.39 is 41.7 Å². The van der Waals surface area contributed by atoms with Crippen LogP contribution < -0.4 is 25.2 Å². The summed E-state index contributed by atoms with van der Waals surface area (Å²) in [4.78, 5) is 30.4. The van der Waals surface area contributed by atoms with E-state index in [-0.39, 0.29) is 24.4 Å². The highest BCUT2D eigenvalue weighted by molar-refractivity contribution is 5.90. The van der Waals surface area contributed by atoms with E-state index >= 15 is 0 Å². The topological polar surface area (TPSA) is 140 Å². The van der Waals surface area contributed by atoms with E-state index in [0.717, 1.165) is 22.3 Å². The number of ether oxygens (including phenoxy) is 6. The number of hydrogen-bond acceptors (Lipinski definition) is 10. The second-order valence-corrected chi connectivity index (χ2v) is 14.8. The maximum Gasteiger partial charge on any atom is 0.351 e. The number of aromatic nitrogens is 2. The molecular formula is C45H51N3O9. The quantitative estimate of drug-likeness (QED) is 0.105. The standard InChI is InChI=1S/C45H51N3O9/c1-7-27-54-41-40(50)37(57-42(41)48-26-25-38(47-43(48)51)46-39(49)29-55-36-23-13-30(14-24-36)44(2,3)4)28-56-45(31-11-9-8-10-12-31,32-15-19-34(52-5)20-16-32)33-17-21-35(53-6)22-18-33/h8-26,37,40-42,50H,7,27-29H2,1-6H3,(H,46,47,49,51). The third-order valence-electron chi connectivity index (χ3n) is 9.93. The van der Waals surface area contributed by atoms with Crippen LogP contribution in [0.2, 0.25) is 0 Å². The van der Waals surface area contributed by atoms with Crippen LogP contribution in [0, 0.1) is 0 Å². The number of carbonyl (C=O) groups is 1. The van der Waals surface area contributed by atoms with Gasteiger partial charge in [-0.2, -0.15) is 4.98 Å². The van der Waals surface area contributed by atoms with Crippen LogP contribution in [0.25, 0.3) is 0 Å². The van der Waals surface area contributed by atoms with Crippen LogP contribution >= 0.6 is 0 Å². The number of nitrogens with zero attached hydrogens (tertiary/aromatic N) is 2. The van der Waals surface area contributed by atoms with E-state index in [4.69, 9.17) is 28.4 Å². The number of aliphatic hydroxyl groups excluding tert-OH is 1.